The van der Waals surface area contributed by atoms with Crippen molar-refractivity contribution in [1.82, 2.24) is 9.97 Å². The summed E-state index contributed by atoms with van der Waals surface area (Å²) < 4.78 is 5.42. The van der Waals surface area contributed by atoms with Crippen LogP contribution in [0, 0.1) is 0 Å². The second-order valence-corrected chi connectivity index (χ2v) is 3.78. The molecule has 0 saturated carbocycles. The van der Waals surface area contributed by atoms with Crippen LogP contribution in [0.15, 0.2) is 12.4 Å². The van der Waals surface area contributed by atoms with E-state index in [-0.39, 0.29) is 6.10 Å². The summed E-state index contributed by atoms with van der Waals surface area (Å²) >= 11 is 5.68. The highest BCUT2D eigenvalue weighted by Gasteiger charge is 2.24. The number of anilines is 1. The first-order valence-electron chi connectivity index (χ1n) is 4.61. The molecule has 0 radical (unpaired) electrons. The molecule has 2 heterocycles. The lowest BCUT2D eigenvalue weighted by atomic mass is 10.2. The van der Waals surface area contributed by atoms with Crippen molar-refractivity contribution >= 4 is 17.5 Å². The number of nitrogens with zero attached hydrogens (tertiary/aromatic N) is 2. The lowest BCUT2D eigenvalue weighted by molar-refractivity contribution is 0.121. The number of nitrogens with one attached hydrogen (secondary N) is 1. The fraction of sp³-hybridized carbons (Fsp3) is 0.556. The van der Waals surface area contributed by atoms with Gasteiger partial charge in [0.05, 0.1) is 29.6 Å². The SMILES string of the molecule is CC1OCCC1Nc1ncc(Cl)cn1. The normalized spacial score (nSPS) is 26.4. The van der Waals surface area contributed by atoms with E-state index in [1.807, 2.05) is 6.92 Å². The summed E-state index contributed by atoms with van der Waals surface area (Å²) in [4.78, 5) is 8.13. The van der Waals surface area contributed by atoms with Gasteiger partial charge in [-0.2, -0.15) is 0 Å². The van der Waals surface area contributed by atoms with Crippen molar-refractivity contribution in [2.75, 3.05) is 11.9 Å². The molecule has 5 heteroatoms. The molecule has 1 N–H and O–H groups in total. The second kappa shape index (κ2) is 4.11. The molecule has 1 aliphatic heterocycles. The summed E-state index contributed by atoms with van der Waals surface area (Å²) in [5.41, 5.74) is 0. The molecule has 4 nitrogen and oxygen atoms in total. The maximum absolute atomic E-state index is 5.68. The van der Waals surface area contributed by atoms with Gasteiger partial charge in [-0.05, 0) is 13.3 Å². The molecule has 2 atom stereocenters. The monoisotopic (exact) mass is 213 g/mol. The van der Waals surface area contributed by atoms with Crippen LogP contribution in [0.5, 0.6) is 0 Å². The fourth-order valence-electron chi connectivity index (χ4n) is 1.47. The van der Waals surface area contributed by atoms with E-state index in [0.29, 0.717) is 17.0 Å². The predicted molar refractivity (Wildman–Crippen MR) is 54.5 cm³/mol. The number of halogens is 1. The Kier molecular flexibility index (Phi) is 2.84. The molecule has 14 heavy (non-hydrogen) atoms. The maximum atomic E-state index is 5.68. The summed E-state index contributed by atoms with van der Waals surface area (Å²) in [5, 5.41) is 3.76. The summed E-state index contributed by atoms with van der Waals surface area (Å²) in [7, 11) is 0. The molecule has 2 rings (SSSR count). The molecule has 1 saturated heterocycles. The smallest absolute Gasteiger partial charge is 0.222 e. The molecule has 0 spiro atoms. The van der Waals surface area contributed by atoms with Gasteiger partial charge in [-0.3, -0.25) is 0 Å². The minimum atomic E-state index is 0.217. The Morgan fingerprint density at radius 2 is 2.21 bits per heavy atom. The quantitative estimate of drug-likeness (QED) is 0.813. The van der Waals surface area contributed by atoms with Gasteiger partial charge in [0.2, 0.25) is 5.95 Å². The van der Waals surface area contributed by atoms with Crippen LogP contribution < -0.4 is 5.32 Å². The van der Waals surface area contributed by atoms with Crippen LogP contribution in [0.1, 0.15) is 13.3 Å². The summed E-state index contributed by atoms with van der Waals surface area (Å²) in [6.07, 6.45) is 4.37. The van der Waals surface area contributed by atoms with Gasteiger partial charge in [-0.1, -0.05) is 11.6 Å². The zero-order chi connectivity index (χ0) is 9.97. The van der Waals surface area contributed by atoms with Crippen molar-refractivity contribution in [3.63, 3.8) is 0 Å². The van der Waals surface area contributed by atoms with E-state index >= 15 is 0 Å². The van der Waals surface area contributed by atoms with Crippen molar-refractivity contribution in [3.8, 4) is 0 Å². The average Bonchev–Trinajstić information content (AvgIpc) is 2.56. The Balaban J connectivity index is 2.00. The van der Waals surface area contributed by atoms with Crippen LogP contribution in [0.3, 0.4) is 0 Å². The maximum Gasteiger partial charge on any atom is 0.222 e. The third kappa shape index (κ3) is 2.13. The minimum absolute atomic E-state index is 0.217. The van der Waals surface area contributed by atoms with E-state index in [0.717, 1.165) is 13.0 Å². The van der Waals surface area contributed by atoms with Crippen molar-refractivity contribution in [2.24, 2.45) is 0 Å². The highest BCUT2D eigenvalue weighted by atomic mass is 35.5. The average molecular weight is 214 g/mol. The molecule has 0 amide bonds. The summed E-state index contributed by atoms with van der Waals surface area (Å²) in [6, 6.07) is 0.302. The zero-order valence-corrected chi connectivity index (χ0v) is 8.66. The highest BCUT2D eigenvalue weighted by molar-refractivity contribution is 6.30. The third-order valence-corrected chi connectivity index (χ3v) is 2.51. The molecular weight excluding hydrogens is 202 g/mol. The zero-order valence-electron chi connectivity index (χ0n) is 7.90. The molecule has 0 aliphatic carbocycles. The summed E-state index contributed by atoms with van der Waals surface area (Å²) in [5.74, 6) is 0.608. The van der Waals surface area contributed by atoms with Crippen LogP contribution in [0.25, 0.3) is 0 Å². The van der Waals surface area contributed by atoms with E-state index in [1.54, 1.807) is 12.4 Å². The van der Waals surface area contributed by atoms with Gasteiger partial charge in [0, 0.05) is 6.61 Å². The molecule has 0 aromatic carbocycles. The van der Waals surface area contributed by atoms with Crippen LogP contribution >= 0.6 is 11.6 Å². The van der Waals surface area contributed by atoms with Crippen molar-refractivity contribution < 1.29 is 4.74 Å². The molecule has 1 fully saturated rings. The standard InChI is InChI=1S/C9H12ClN3O/c1-6-8(2-3-14-6)13-9-11-4-7(10)5-12-9/h4-6,8H,2-3H2,1H3,(H,11,12,13). The number of hydrogen-bond donors (Lipinski definition) is 1. The Bertz CT molecular complexity index is 303. The third-order valence-electron chi connectivity index (χ3n) is 2.31. The van der Waals surface area contributed by atoms with Gasteiger partial charge in [0.25, 0.3) is 0 Å². The minimum Gasteiger partial charge on any atom is -0.376 e. The van der Waals surface area contributed by atoms with Gasteiger partial charge >= 0.3 is 0 Å². The number of rotatable bonds is 2. The number of aromatic nitrogens is 2. The van der Waals surface area contributed by atoms with Crippen molar-refractivity contribution in [2.45, 2.75) is 25.5 Å². The molecule has 0 bridgehead atoms. The van der Waals surface area contributed by atoms with Crippen LogP contribution in [-0.4, -0.2) is 28.7 Å². The lowest BCUT2D eigenvalue weighted by Crippen LogP contribution is -2.27. The van der Waals surface area contributed by atoms with Crippen LogP contribution in [-0.2, 0) is 4.74 Å². The molecule has 1 aromatic heterocycles. The highest BCUT2D eigenvalue weighted by Crippen LogP contribution is 2.16. The van der Waals surface area contributed by atoms with E-state index in [2.05, 4.69) is 15.3 Å². The topological polar surface area (TPSA) is 47.0 Å². The van der Waals surface area contributed by atoms with E-state index in [4.69, 9.17) is 16.3 Å². The van der Waals surface area contributed by atoms with Crippen molar-refractivity contribution in [3.05, 3.63) is 17.4 Å². The first-order chi connectivity index (χ1) is 6.75. The second-order valence-electron chi connectivity index (χ2n) is 3.34. The Labute approximate surface area is 87.7 Å². The first-order valence-corrected chi connectivity index (χ1v) is 4.99. The van der Waals surface area contributed by atoms with Crippen LogP contribution in [0.2, 0.25) is 5.02 Å². The largest absolute Gasteiger partial charge is 0.376 e. The number of hydrogen-bond acceptors (Lipinski definition) is 4. The van der Waals surface area contributed by atoms with Crippen LogP contribution in [0.4, 0.5) is 5.95 Å². The van der Waals surface area contributed by atoms with E-state index in [1.165, 1.54) is 0 Å². The Morgan fingerprint density at radius 1 is 1.50 bits per heavy atom. The summed E-state index contributed by atoms with van der Waals surface area (Å²) in [6.45, 7) is 2.84. The van der Waals surface area contributed by atoms with Gasteiger partial charge in [-0.25, -0.2) is 9.97 Å². The molecule has 1 aliphatic rings. The molecule has 2 unspecified atom stereocenters. The van der Waals surface area contributed by atoms with Gasteiger partial charge in [0.15, 0.2) is 0 Å². The van der Waals surface area contributed by atoms with Crippen molar-refractivity contribution in [1.29, 1.82) is 0 Å². The first kappa shape index (κ1) is 9.68. The molecular formula is C9H12ClN3O. The fourth-order valence-corrected chi connectivity index (χ4v) is 1.57. The van der Waals surface area contributed by atoms with Gasteiger partial charge in [-0.15, -0.1) is 0 Å². The van der Waals surface area contributed by atoms with Gasteiger partial charge < -0.3 is 10.1 Å². The number of ether oxygens (including phenoxy) is 1. The lowest BCUT2D eigenvalue weighted by Gasteiger charge is -2.15. The Morgan fingerprint density at radius 3 is 2.79 bits per heavy atom. The predicted octanol–water partition coefficient (Wildman–Crippen LogP) is 1.72. The van der Waals surface area contributed by atoms with E-state index in [9.17, 15) is 0 Å². The molecule has 76 valence electrons. The Hall–Kier alpha value is -0.870. The molecule has 1 aromatic rings. The van der Waals surface area contributed by atoms with Gasteiger partial charge in [0.1, 0.15) is 0 Å². The van der Waals surface area contributed by atoms with E-state index < -0.39 is 0 Å².